The average Bonchev–Trinajstić information content (AvgIpc) is 2.76. The number of nitrogens with zero attached hydrogens (tertiary/aromatic N) is 1. The maximum Gasteiger partial charge on any atom is 0.196 e. The molecule has 4 heteroatoms. The molecule has 1 aromatic carbocycles. The molecule has 0 aliphatic carbocycles. The van der Waals surface area contributed by atoms with Crippen molar-refractivity contribution < 1.29 is 8.81 Å². The highest BCUT2D eigenvalue weighted by molar-refractivity contribution is 5.56. The molecule has 2 rings (SSSR count). The molecule has 1 heterocycles. The smallest absolute Gasteiger partial charge is 0.196 e. The molecule has 0 atom stereocenters. The SMILES string of the molecule is CC(C)(C)NCCc1ncc(-c2ccccc2F)o1. The first-order valence-corrected chi connectivity index (χ1v) is 6.40. The minimum absolute atomic E-state index is 0.0704. The van der Waals surface area contributed by atoms with Gasteiger partial charge in [0.15, 0.2) is 11.7 Å². The van der Waals surface area contributed by atoms with E-state index in [4.69, 9.17) is 4.42 Å². The van der Waals surface area contributed by atoms with E-state index >= 15 is 0 Å². The van der Waals surface area contributed by atoms with Gasteiger partial charge in [0.25, 0.3) is 0 Å². The number of rotatable bonds is 4. The summed E-state index contributed by atoms with van der Waals surface area (Å²) in [5.74, 6) is 0.803. The zero-order valence-electron chi connectivity index (χ0n) is 11.5. The van der Waals surface area contributed by atoms with Crippen molar-refractivity contribution in [3.63, 3.8) is 0 Å². The summed E-state index contributed by atoms with van der Waals surface area (Å²) in [5, 5.41) is 3.36. The lowest BCUT2D eigenvalue weighted by molar-refractivity contribution is 0.411. The van der Waals surface area contributed by atoms with Gasteiger partial charge in [0.1, 0.15) is 5.82 Å². The van der Waals surface area contributed by atoms with E-state index in [9.17, 15) is 4.39 Å². The Morgan fingerprint density at radius 2 is 2.00 bits per heavy atom. The molecule has 0 fully saturated rings. The molecule has 0 saturated carbocycles. The molecule has 19 heavy (non-hydrogen) atoms. The van der Waals surface area contributed by atoms with E-state index in [1.54, 1.807) is 24.4 Å². The molecule has 3 nitrogen and oxygen atoms in total. The number of hydrogen-bond acceptors (Lipinski definition) is 3. The minimum Gasteiger partial charge on any atom is -0.441 e. The van der Waals surface area contributed by atoms with Crippen molar-refractivity contribution in [2.24, 2.45) is 0 Å². The topological polar surface area (TPSA) is 38.1 Å². The normalized spacial score (nSPS) is 11.8. The van der Waals surface area contributed by atoms with E-state index < -0.39 is 0 Å². The summed E-state index contributed by atoms with van der Waals surface area (Å²) >= 11 is 0. The van der Waals surface area contributed by atoms with Crippen LogP contribution in [0.2, 0.25) is 0 Å². The van der Waals surface area contributed by atoms with E-state index in [0.29, 0.717) is 23.6 Å². The second kappa shape index (κ2) is 5.53. The van der Waals surface area contributed by atoms with E-state index in [1.807, 2.05) is 0 Å². The number of halogens is 1. The second-order valence-electron chi connectivity index (χ2n) is 5.52. The third-order valence-corrected chi connectivity index (χ3v) is 2.69. The highest BCUT2D eigenvalue weighted by Crippen LogP contribution is 2.23. The molecule has 102 valence electrons. The van der Waals surface area contributed by atoms with Crippen molar-refractivity contribution in [2.75, 3.05) is 6.54 Å². The zero-order valence-corrected chi connectivity index (χ0v) is 11.5. The van der Waals surface area contributed by atoms with Gasteiger partial charge >= 0.3 is 0 Å². The van der Waals surface area contributed by atoms with Gasteiger partial charge in [-0.25, -0.2) is 9.37 Å². The van der Waals surface area contributed by atoms with Crippen LogP contribution in [-0.2, 0) is 6.42 Å². The second-order valence-corrected chi connectivity index (χ2v) is 5.52. The summed E-state index contributed by atoms with van der Waals surface area (Å²) in [6.45, 7) is 7.09. The van der Waals surface area contributed by atoms with Gasteiger partial charge in [0.05, 0.1) is 11.8 Å². The largest absolute Gasteiger partial charge is 0.441 e. The Kier molecular flexibility index (Phi) is 4.00. The van der Waals surface area contributed by atoms with E-state index in [2.05, 4.69) is 31.1 Å². The molecule has 1 aromatic heterocycles. The molecular formula is C15H19FN2O. The van der Waals surface area contributed by atoms with Crippen LogP contribution in [0.25, 0.3) is 11.3 Å². The van der Waals surface area contributed by atoms with Crippen LogP contribution in [0.5, 0.6) is 0 Å². The average molecular weight is 262 g/mol. The highest BCUT2D eigenvalue weighted by Gasteiger charge is 2.12. The van der Waals surface area contributed by atoms with Gasteiger partial charge in [-0.2, -0.15) is 0 Å². The summed E-state index contributed by atoms with van der Waals surface area (Å²) in [7, 11) is 0. The van der Waals surface area contributed by atoms with Crippen molar-refractivity contribution in [3.05, 3.63) is 42.2 Å². The first-order chi connectivity index (χ1) is 8.96. The fourth-order valence-corrected chi connectivity index (χ4v) is 1.76. The van der Waals surface area contributed by atoms with Crippen LogP contribution < -0.4 is 5.32 Å². The number of benzene rings is 1. The molecule has 0 spiro atoms. The van der Waals surface area contributed by atoms with Crippen LogP contribution in [-0.4, -0.2) is 17.1 Å². The van der Waals surface area contributed by atoms with Crippen LogP contribution in [0.3, 0.4) is 0 Å². The molecule has 0 aliphatic heterocycles. The predicted octanol–water partition coefficient (Wildman–Crippen LogP) is 3.41. The fraction of sp³-hybridized carbons (Fsp3) is 0.400. The molecular weight excluding hydrogens is 243 g/mol. The third-order valence-electron chi connectivity index (χ3n) is 2.69. The van der Waals surface area contributed by atoms with Crippen molar-refractivity contribution >= 4 is 0 Å². The molecule has 1 N–H and O–H groups in total. The van der Waals surface area contributed by atoms with Crippen LogP contribution in [0.15, 0.2) is 34.9 Å². The highest BCUT2D eigenvalue weighted by atomic mass is 19.1. The van der Waals surface area contributed by atoms with E-state index in [0.717, 1.165) is 6.54 Å². The standard InChI is InChI=1S/C15H19FN2O/c1-15(2,3)18-9-8-14-17-10-13(19-14)11-6-4-5-7-12(11)16/h4-7,10,18H,8-9H2,1-3H3. The maximum absolute atomic E-state index is 13.6. The summed E-state index contributed by atoms with van der Waals surface area (Å²) < 4.78 is 19.2. The molecule has 0 amide bonds. The maximum atomic E-state index is 13.6. The van der Waals surface area contributed by atoms with Gasteiger partial charge in [-0.15, -0.1) is 0 Å². The monoisotopic (exact) mass is 262 g/mol. The Morgan fingerprint density at radius 3 is 2.68 bits per heavy atom. The lowest BCUT2D eigenvalue weighted by Crippen LogP contribution is -2.37. The van der Waals surface area contributed by atoms with Crippen LogP contribution in [0.1, 0.15) is 26.7 Å². The predicted molar refractivity (Wildman–Crippen MR) is 73.4 cm³/mol. The molecule has 0 bridgehead atoms. The minimum atomic E-state index is -0.294. The molecule has 2 aromatic rings. The van der Waals surface area contributed by atoms with Gasteiger partial charge < -0.3 is 9.73 Å². The number of aromatic nitrogens is 1. The Hall–Kier alpha value is -1.68. The molecule has 0 unspecified atom stereocenters. The number of oxazole rings is 1. The Labute approximate surface area is 112 Å². The van der Waals surface area contributed by atoms with Crippen molar-refractivity contribution in [1.29, 1.82) is 0 Å². The van der Waals surface area contributed by atoms with Crippen molar-refractivity contribution in [3.8, 4) is 11.3 Å². The third kappa shape index (κ3) is 3.89. The molecule has 0 aliphatic rings. The lowest BCUT2D eigenvalue weighted by Gasteiger charge is -2.19. The summed E-state index contributed by atoms with van der Waals surface area (Å²) in [5.41, 5.74) is 0.520. The Morgan fingerprint density at radius 1 is 1.26 bits per heavy atom. The van der Waals surface area contributed by atoms with Gasteiger partial charge in [0.2, 0.25) is 0 Å². The lowest BCUT2D eigenvalue weighted by atomic mass is 10.1. The Bertz CT molecular complexity index is 543. The van der Waals surface area contributed by atoms with Gasteiger partial charge in [-0.3, -0.25) is 0 Å². The van der Waals surface area contributed by atoms with E-state index in [1.165, 1.54) is 6.07 Å². The van der Waals surface area contributed by atoms with Crippen LogP contribution in [0, 0.1) is 5.82 Å². The van der Waals surface area contributed by atoms with E-state index in [-0.39, 0.29) is 11.4 Å². The molecule has 0 radical (unpaired) electrons. The van der Waals surface area contributed by atoms with Gasteiger partial charge in [0, 0.05) is 18.5 Å². The van der Waals surface area contributed by atoms with Gasteiger partial charge in [-0.05, 0) is 32.9 Å². The summed E-state index contributed by atoms with van der Waals surface area (Å²) in [4.78, 5) is 4.18. The zero-order chi connectivity index (χ0) is 13.9. The van der Waals surface area contributed by atoms with Crippen molar-refractivity contribution in [2.45, 2.75) is 32.7 Å². The first kappa shape index (κ1) is 13.7. The Balaban J connectivity index is 2.02. The van der Waals surface area contributed by atoms with Crippen LogP contribution in [0.4, 0.5) is 4.39 Å². The van der Waals surface area contributed by atoms with Gasteiger partial charge in [-0.1, -0.05) is 12.1 Å². The number of nitrogens with one attached hydrogen (secondary N) is 1. The first-order valence-electron chi connectivity index (χ1n) is 6.40. The fourth-order valence-electron chi connectivity index (χ4n) is 1.76. The summed E-state index contributed by atoms with van der Waals surface area (Å²) in [6, 6.07) is 6.54. The molecule has 0 saturated heterocycles. The van der Waals surface area contributed by atoms with Crippen molar-refractivity contribution in [1.82, 2.24) is 10.3 Å². The number of hydrogen-bond donors (Lipinski definition) is 1. The quantitative estimate of drug-likeness (QED) is 0.917. The van der Waals surface area contributed by atoms with Crippen LogP contribution >= 0.6 is 0 Å². The summed E-state index contributed by atoms with van der Waals surface area (Å²) in [6.07, 6.45) is 2.26.